The monoisotopic (exact) mass is 501 g/mol. The molecule has 3 N–H and O–H groups in total. The number of allylic oxidation sites excluding steroid dienone is 1. The number of benzene rings is 1. The summed E-state index contributed by atoms with van der Waals surface area (Å²) < 4.78 is 6.12. The number of ether oxygens (including phenoxy) is 1. The normalized spacial score (nSPS) is 10.8. The van der Waals surface area contributed by atoms with Crippen molar-refractivity contribution in [3.8, 4) is 5.88 Å². The summed E-state index contributed by atoms with van der Waals surface area (Å²) >= 11 is 0. The summed E-state index contributed by atoms with van der Waals surface area (Å²) in [5.41, 5.74) is 12.2. The van der Waals surface area contributed by atoms with Crippen molar-refractivity contribution >= 4 is 28.5 Å². The second kappa shape index (κ2) is 14.9. The summed E-state index contributed by atoms with van der Waals surface area (Å²) in [5, 5.41) is 3.49. The van der Waals surface area contributed by atoms with Crippen molar-refractivity contribution in [3.05, 3.63) is 72.6 Å². The highest BCUT2D eigenvalue weighted by molar-refractivity contribution is 5.78. The Morgan fingerprint density at radius 2 is 1.81 bits per heavy atom. The molecule has 0 aliphatic carbocycles. The first-order chi connectivity index (χ1) is 18.0. The van der Waals surface area contributed by atoms with E-state index in [2.05, 4.69) is 54.7 Å². The SMILES string of the molecule is C=C(CCCCC)c1cc(Nc2cc(N(CCC)CCC)cc(OCCc3ccccn3)n2)ccc1N. The van der Waals surface area contributed by atoms with Gasteiger partial charge in [0.05, 0.1) is 6.61 Å². The average Bonchev–Trinajstić information content (AvgIpc) is 2.90. The second-order valence-electron chi connectivity index (χ2n) is 9.44. The van der Waals surface area contributed by atoms with Crippen LogP contribution in [0.15, 0.2) is 61.3 Å². The number of nitrogens with one attached hydrogen (secondary N) is 1. The van der Waals surface area contributed by atoms with E-state index in [1.165, 1.54) is 12.8 Å². The molecule has 3 aromatic rings. The van der Waals surface area contributed by atoms with Gasteiger partial charge in [0.25, 0.3) is 0 Å². The summed E-state index contributed by atoms with van der Waals surface area (Å²) in [5.74, 6) is 1.35. The first kappa shape index (κ1) is 28.0. The van der Waals surface area contributed by atoms with Gasteiger partial charge in [0.15, 0.2) is 0 Å². The Balaban J connectivity index is 1.83. The minimum absolute atomic E-state index is 0.512. The molecular formula is C31H43N5O. The third-order valence-electron chi connectivity index (χ3n) is 6.26. The molecule has 6 heteroatoms. The van der Waals surface area contributed by atoms with E-state index < -0.39 is 0 Å². The summed E-state index contributed by atoms with van der Waals surface area (Å²) in [4.78, 5) is 11.6. The molecule has 0 amide bonds. The fraction of sp³-hybridized carbons (Fsp3) is 0.419. The van der Waals surface area contributed by atoms with E-state index in [4.69, 9.17) is 15.5 Å². The Bertz CT molecular complexity index is 1110. The molecule has 0 saturated heterocycles. The van der Waals surface area contributed by atoms with Crippen molar-refractivity contribution < 1.29 is 4.74 Å². The summed E-state index contributed by atoms with van der Waals surface area (Å²) in [6.45, 7) is 13.4. The lowest BCUT2D eigenvalue weighted by atomic mass is 9.99. The van der Waals surface area contributed by atoms with Crippen LogP contribution < -0.4 is 20.7 Å². The van der Waals surface area contributed by atoms with Crippen LogP contribution in [0.4, 0.5) is 22.9 Å². The third-order valence-corrected chi connectivity index (χ3v) is 6.26. The number of anilines is 4. The van der Waals surface area contributed by atoms with Gasteiger partial charge in [0, 0.05) is 66.2 Å². The smallest absolute Gasteiger partial charge is 0.217 e. The number of nitrogen functional groups attached to an aromatic ring is 1. The molecule has 0 unspecified atom stereocenters. The molecule has 0 radical (unpaired) electrons. The molecule has 3 rings (SSSR count). The van der Waals surface area contributed by atoms with Gasteiger partial charge in [-0.2, -0.15) is 4.98 Å². The maximum absolute atomic E-state index is 6.31. The molecule has 6 nitrogen and oxygen atoms in total. The van der Waals surface area contributed by atoms with E-state index in [0.29, 0.717) is 12.5 Å². The summed E-state index contributed by atoms with van der Waals surface area (Å²) in [6, 6.07) is 16.1. The number of unbranched alkanes of at least 4 members (excludes halogenated alkanes) is 2. The topological polar surface area (TPSA) is 76.3 Å². The Labute approximate surface area is 223 Å². The van der Waals surface area contributed by atoms with E-state index in [1.807, 2.05) is 42.6 Å². The van der Waals surface area contributed by atoms with Crippen molar-refractivity contribution in [2.75, 3.05) is 35.6 Å². The third kappa shape index (κ3) is 8.81. The van der Waals surface area contributed by atoms with Gasteiger partial charge in [0.1, 0.15) is 5.82 Å². The maximum atomic E-state index is 6.31. The largest absolute Gasteiger partial charge is 0.477 e. The van der Waals surface area contributed by atoms with Crippen LogP contribution in [0.5, 0.6) is 5.88 Å². The van der Waals surface area contributed by atoms with Crippen molar-refractivity contribution in [3.63, 3.8) is 0 Å². The Morgan fingerprint density at radius 1 is 1.00 bits per heavy atom. The van der Waals surface area contributed by atoms with Crippen LogP contribution in [0, 0.1) is 0 Å². The van der Waals surface area contributed by atoms with Crippen LogP contribution >= 0.6 is 0 Å². The maximum Gasteiger partial charge on any atom is 0.217 e. The predicted molar refractivity (Wildman–Crippen MR) is 158 cm³/mol. The van der Waals surface area contributed by atoms with Crippen LogP contribution in [0.2, 0.25) is 0 Å². The van der Waals surface area contributed by atoms with Gasteiger partial charge in [0.2, 0.25) is 5.88 Å². The summed E-state index contributed by atoms with van der Waals surface area (Å²) in [6.07, 6.45) is 9.14. The van der Waals surface area contributed by atoms with Gasteiger partial charge in [-0.25, -0.2) is 0 Å². The fourth-order valence-electron chi connectivity index (χ4n) is 4.34. The average molecular weight is 502 g/mol. The van der Waals surface area contributed by atoms with Crippen molar-refractivity contribution in [1.82, 2.24) is 9.97 Å². The van der Waals surface area contributed by atoms with E-state index in [0.717, 1.165) is 84.9 Å². The molecule has 198 valence electrons. The van der Waals surface area contributed by atoms with Crippen LogP contribution in [0.25, 0.3) is 5.57 Å². The van der Waals surface area contributed by atoms with Crippen molar-refractivity contribution in [2.45, 2.75) is 65.7 Å². The Hall–Kier alpha value is -3.54. The van der Waals surface area contributed by atoms with E-state index in [9.17, 15) is 0 Å². The number of nitrogens with zero attached hydrogens (tertiary/aromatic N) is 3. The lowest BCUT2D eigenvalue weighted by Gasteiger charge is -2.25. The van der Waals surface area contributed by atoms with Crippen molar-refractivity contribution in [1.29, 1.82) is 0 Å². The minimum atomic E-state index is 0.512. The quantitative estimate of drug-likeness (QED) is 0.155. The molecule has 37 heavy (non-hydrogen) atoms. The van der Waals surface area contributed by atoms with E-state index in [1.54, 1.807) is 0 Å². The van der Waals surface area contributed by atoms with Gasteiger partial charge < -0.3 is 20.7 Å². The van der Waals surface area contributed by atoms with Gasteiger partial charge in [-0.3, -0.25) is 4.98 Å². The van der Waals surface area contributed by atoms with E-state index in [-0.39, 0.29) is 0 Å². The van der Waals surface area contributed by atoms with Crippen LogP contribution in [-0.4, -0.2) is 29.7 Å². The number of hydrogen-bond acceptors (Lipinski definition) is 6. The molecule has 0 spiro atoms. The molecule has 0 aliphatic rings. The Morgan fingerprint density at radius 3 is 2.51 bits per heavy atom. The highest BCUT2D eigenvalue weighted by Crippen LogP contribution is 2.31. The Kier molecular flexibility index (Phi) is 11.3. The minimum Gasteiger partial charge on any atom is -0.477 e. The molecule has 2 aromatic heterocycles. The van der Waals surface area contributed by atoms with Gasteiger partial charge >= 0.3 is 0 Å². The molecule has 0 fully saturated rings. The van der Waals surface area contributed by atoms with Crippen LogP contribution in [0.3, 0.4) is 0 Å². The highest BCUT2D eigenvalue weighted by Gasteiger charge is 2.12. The number of hydrogen-bond donors (Lipinski definition) is 2. The zero-order valence-electron chi connectivity index (χ0n) is 22.8. The zero-order chi connectivity index (χ0) is 26.5. The molecule has 1 aromatic carbocycles. The molecule has 0 aliphatic heterocycles. The number of nitrogens with two attached hydrogens (primary N) is 1. The molecular weight excluding hydrogens is 458 g/mol. The van der Waals surface area contributed by atoms with Crippen molar-refractivity contribution in [2.24, 2.45) is 0 Å². The standard InChI is InChI=1S/C31H43N5O/c1-5-8-9-12-24(4)28-21-26(14-15-29(28)32)34-30-22-27(36(18-6-2)19-7-3)23-31(35-30)37-20-16-25-13-10-11-17-33-25/h10-11,13-15,17,21-23H,4-9,12,16,18-20,32H2,1-3H3,(H,34,35). The molecule has 0 bridgehead atoms. The first-order valence-corrected chi connectivity index (χ1v) is 13.7. The molecule has 0 saturated carbocycles. The summed E-state index contributed by atoms with van der Waals surface area (Å²) in [7, 11) is 0. The van der Waals surface area contributed by atoms with Gasteiger partial charge in [-0.1, -0.05) is 46.3 Å². The lowest BCUT2D eigenvalue weighted by Crippen LogP contribution is -2.25. The molecule has 2 heterocycles. The van der Waals surface area contributed by atoms with Crippen LogP contribution in [-0.2, 0) is 6.42 Å². The van der Waals surface area contributed by atoms with E-state index >= 15 is 0 Å². The number of aromatic nitrogens is 2. The lowest BCUT2D eigenvalue weighted by molar-refractivity contribution is 0.309. The number of rotatable bonds is 16. The van der Waals surface area contributed by atoms with Crippen LogP contribution in [0.1, 0.15) is 70.6 Å². The highest BCUT2D eigenvalue weighted by atomic mass is 16.5. The first-order valence-electron chi connectivity index (χ1n) is 13.7. The zero-order valence-corrected chi connectivity index (χ0v) is 22.8. The fourth-order valence-corrected chi connectivity index (χ4v) is 4.34. The second-order valence-corrected chi connectivity index (χ2v) is 9.44. The predicted octanol–water partition coefficient (Wildman–Crippen LogP) is 7.64. The number of pyridine rings is 2. The van der Waals surface area contributed by atoms with Gasteiger partial charge in [-0.05, 0) is 61.6 Å². The molecule has 0 atom stereocenters. The van der Waals surface area contributed by atoms with Gasteiger partial charge in [-0.15, -0.1) is 0 Å².